The number of terminal acetylenes is 1. The van der Waals surface area contributed by atoms with E-state index in [1.54, 1.807) is 13.2 Å². The second-order valence-corrected chi connectivity index (χ2v) is 4.48. The van der Waals surface area contributed by atoms with Crippen molar-refractivity contribution in [1.82, 2.24) is 0 Å². The van der Waals surface area contributed by atoms with Crippen LogP contribution in [-0.2, 0) is 4.74 Å². The van der Waals surface area contributed by atoms with E-state index in [0.29, 0.717) is 0 Å². The fraction of sp³-hybridized carbons (Fsp3) is 0.500. The van der Waals surface area contributed by atoms with E-state index in [9.17, 15) is 0 Å². The molecule has 0 N–H and O–H groups in total. The van der Waals surface area contributed by atoms with E-state index in [0.717, 1.165) is 25.7 Å². The van der Waals surface area contributed by atoms with Gasteiger partial charge in [0.15, 0.2) is 0 Å². The summed E-state index contributed by atoms with van der Waals surface area (Å²) >= 11 is 6.29. The van der Waals surface area contributed by atoms with E-state index in [1.807, 2.05) is 6.08 Å². The summed E-state index contributed by atoms with van der Waals surface area (Å²) in [5.74, 6) is 2.46. The number of hydrogen-bond donors (Lipinski definition) is 0. The number of ether oxygens (including phenoxy) is 1. The van der Waals surface area contributed by atoms with Gasteiger partial charge in [-0.05, 0) is 31.8 Å². The Labute approximate surface area is 117 Å². The molecule has 0 aromatic rings. The van der Waals surface area contributed by atoms with Crippen LogP contribution in [0.4, 0.5) is 0 Å². The molecule has 0 aliphatic rings. The van der Waals surface area contributed by atoms with Gasteiger partial charge in [-0.15, -0.1) is 18.0 Å². The highest BCUT2D eigenvalue weighted by molar-refractivity contribution is 6.21. The molecule has 0 heterocycles. The second-order valence-electron chi connectivity index (χ2n) is 3.92. The second kappa shape index (κ2) is 12.5. The molecule has 0 aromatic carbocycles. The summed E-state index contributed by atoms with van der Waals surface area (Å²) in [4.78, 5) is 0. The largest absolute Gasteiger partial charge is 0.380 e. The topological polar surface area (TPSA) is 9.23 Å². The molecule has 0 spiro atoms. The van der Waals surface area contributed by atoms with Gasteiger partial charge < -0.3 is 4.74 Å². The number of rotatable bonds is 9. The lowest BCUT2D eigenvalue weighted by atomic mass is 10.1. The van der Waals surface area contributed by atoms with Crippen molar-refractivity contribution in [2.75, 3.05) is 7.11 Å². The van der Waals surface area contributed by atoms with Crippen LogP contribution in [-0.4, -0.2) is 18.6 Å². The zero-order chi connectivity index (χ0) is 13.6. The molecule has 0 bridgehead atoms. The van der Waals surface area contributed by atoms with Gasteiger partial charge in [-0.1, -0.05) is 43.2 Å². The van der Waals surface area contributed by atoms with E-state index in [2.05, 4.69) is 37.1 Å². The molecule has 0 radical (unpaired) electrons. The van der Waals surface area contributed by atoms with Gasteiger partial charge in [-0.25, -0.2) is 0 Å². The highest BCUT2D eigenvalue weighted by Gasteiger charge is 2.15. The summed E-state index contributed by atoms with van der Waals surface area (Å²) in [6.45, 7) is 2.13. The standard InChI is InChI=1S/C16H23ClO/c1-4-6-8-9-10-12-13-15(17)16(18-3)14-11-7-5-2/h2,6-8,10-12,15-16H,4,9,13-14H2,1,3H3. The molecule has 1 nitrogen and oxygen atoms in total. The van der Waals surface area contributed by atoms with Gasteiger partial charge in [-0.2, -0.15) is 0 Å². The molecule has 0 rings (SSSR count). The van der Waals surface area contributed by atoms with Crippen molar-refractivity contribution in [1.29, 1.82) is 0 Å². The minimum Gasteiger partial charge on any atom is -0.380 e. The molecule has 2 heteroatoms. The average molecular weight is 267 g/mol. The van der Waals surface area contributed by atoms with Crippen molar-refractivity contribution in [2.24, 2.45) is 0 Å². The van der Waals surface area contributed by atoms with Crippen LogP contribution in [0.3, 0.4) is 0 Å². The maximum atomic E-state index is 6.29. The first-order valence-corrected chi connectivity index (χ1v) is 6.77. The molecule has 0 aromatic heterocycles. The van der Waals surface area contributed by atoms with Crippen molar-refractivity contribution in [3.8, 4) is 12.3 Å². The molecule has 0 saturated carbocycles. The van der Waals surface area contributed by atoms with Crippen LogP contribution in [0.15, 0.2) is 36.5 Å². The van der Waals surface area contributed by atoms with Gasteiger partial charge in [0.2, 0.25) is 0 Å². The number of alkyl halides is 1. The fourth-order valence-corrected chi connectivity index (χ4v) is 1.79. The smallest absolute Gasteiger partial charge is 0.0772 e. The molecule has 0 amide bonds. The minimum absolute atomic E-state index is 0.00657. The van der Waals surface area contributed by atoms with Crippen LogP contribution in [0.2, 0.25) is 0 Å². The monoisotopic (exact) mass is 266 g/mol. The Balaban J connectivity index is 3.96. The highest BCUT2D eigenvalue weighted by atomic mass is 35.5. The Morgan fingerprint density at radius 2 is 1.89 bits per heavy atom. The number of allylic oxidation sites excluding steroid dienone is 5. The normalized spacial score (nSPS) is 15.4. The summed E-state index contributed by atoms with van der Waals surface area (Å²) in [6.07, 6.45) is 20.9. The Morgan fingerprint density at radius 1 is 1.17 bits per heavy atom. The first-order chi connectivity index (χ1) is 8.76. The van der Waals surface area contributed by atoms with Crippen LogP contribution in [0.5, 0.6) is 0 Å². The maximum absolute atomic E-state index is 6.29. The molecule has 0 aliphatic carbocycles. The summed E-state index contributed by atoms with van der Waals surface area (Å²) in [7, 11) is 1.68. The van der Waals surface area contributed by atoms with Crippen LogP contribution >= 0.6 is 11.6 Å². The Kier molecular flexibility index (Phi) is 11.8. The lowest BCUT2D eigenvalue weighted by Crippen LogP contribution is -2.22. The van der Waals surface area contributed by atoms with Gasteiger partial charge in [0.25, 0.3) is 0 Å². The molecular weight excluding hydrogens is 244 g/mol. The quantitative estimate of drug-likeness (QED) is 0.339. The summed E-state index contributed by atoms with van der Waals surface area (Å²) in [6, 6.07) is 0. The average Bonchev–Trinajstić information content (AvgIpc) is 2.38. The molecule has 100 valence electrons. The Hall–Kier alpha value is -0.970. The van der Waals surface area contributed by atoms with Crippen LogP contribution in [0.1, 0.15) is 32.6 Å². The van der Waals surface area contributed by atoms with Gasteiger partial charge in [-0.3, -0.25) is 0 Å². The molecule has 2 atom stereocenters. The van der Waals surface area contributed by atoms with E-state index in [1.165, 1.54) is 0 Å². The fourth-order valence-electron chi connectivity index (χ4n) is 1.48. The minimum atomic E-state index is -0.0242. The van der Waals surface area contributed by atoms with E-state index in [-0.39, 0.29) is 11.5 Å². The van der Waals surface area contributed by atoms with Crippen LogP contribution in [0, 0.1) is 12.3 Å². The van der Waals surface area contributed by atoms with Crippen molar-refractivity contribution in [3.05, 3.63) is 36.5 Å². The molecule has 18 heavy (non-hydrogen) atoms. The highest BCUT2D eigenvalue weighted by Crippen LogP contribution is 2.15. The lowest BCUT2D eigenvalue weighted by Gasteiger charge is -2.17. The molecular formula is C16H23ClO. The predicted molar refractivity (Wildman–Crippen MR) is 80.8 cm³/mol. The number of halogens is 1. The zero-order valence-electron chi connectivity index (χ0n) is 11.3. The maximum Gasteiger partial charge on any atom is 0.0772 e. The third-order valence-electron chi connectivity index (χ3n) is 2.49. The summed E-state index contributed by atoms with van der Waals surface area (Å²) < 4.78 is 5.35. The summed E-state index contributed by atoms with van der Waals surface area (Å²) in [5.41, 5.74) is 0. The van der Waals surface area contributed by atoms with Gasteiger partial charge in [0.1, 0.15) is 0 Å². The lowest BCUT2D eigenvalue weighted by molar-refractivity contribution is 0.102. The van der Waals surface area contributed by atoms with Crippen LogP contribution < -0.4 is 0 Å². The summed E-state index contributed by atoms with van der Waals surface area (Å²) in [5, 5.41) is -0.0242. The zero-order valence-corrected chi connectivity index (χ0v) is 12.1. The number of methoxy groups -OCH3 is 1. The Bertz CT molecular complexity index is 310. The van der Waals surface area contributed by atoms with Gasteiger partial charge >= 0.3 is 0 Å². The first kappa shape index (κ1) is 17.0. The molecule has 0 aliphatic heterocycles. The van der Waals surface area contributed by atoms with Crippen molar-refractivity contribution in [2.45, 2.75) is 44.1 Å². The third kappa shape index (κ3) is 9.10. The van der Waals surface area contributed by atoms with Crippen LogP contribution in [0.25, 0.3) is 0 Å². The van der Waals surface area contributed by atoms with Gasteiger partial charge in [0, 0.05) is 7.11 Å². The van der Waals surface area contributed by atoms with Crippen molar-refractivity contribution in [3.63, 3.8) is 0 Å². The van der Waals surface area contributed by atoms with Gasteiger partial charge in [0.05, 0.1) is 11.5 Å². The van der Waals surface area contributed by atoms with E-state index >= 15 is 0 Å². The molecule has 0 fully saturated rings. The number of hydrogen-bond acceptors (Lipinski definition) is 1. The molecule has 2 unspecified atom stereocenters. The third-order valence-corrected chi connectivity index (χ3v) is 2.95. The van der Waals surface area contributed by atoms with Crippen molar-refractivity contribution < 1.29 is 4.74 Å². The van der Waals surface area contributed by atoms with Crippen molar-refractivity contribution >= 4 is 11.6 Å². The Morgan fingerprint density at radius 3 is 2.50 bits per heavy atom. The van der Waals surface area contributed by atoms with E-state index < -0.39 is 0 Å². The van der Waals surface area contributed by atoms with E-state index in [4.69, 9.17) is 22.8 Å². The predicted octanol–water partition coefficient (Wildman–Crippen LogP) is 4.49. The molecule has 0 saturated heterocycles. The first-order valence-electron chi connectivity index (χ1n) is 6.34. The SMILES string of the molecule is C#CC=CCC(OC)C(Cl)CC=CCC=CCC.